The maximum Gasteiger partial charge on any atom is 0.145 e. The van der Waals surface area contributed by atoms with Crippen LogP contribution in [0, 0.1) is 13.8 Å². The zero-order valence-corrected chi connectivity index (χ0v) is 10.6. The van der Waals surface area contributed by atoms with E-state index in [1.807, 2.05) is 20.8 Å². The Morgan fingerprint density at radius 1 is 1.28 bits per heavy atom. The van der Waals surface area contributed by atoms with Gasteiger partial charge in [-0.2, -0.15) is 0 Å². The number of nitrogens with one attached hydrogen (secondary N) is 2. The topological polar surface area (TPSA) is 102 Å². The van der Waals surface area contributed by atoms with Crippen LogP contribution in [0.5, 0.6) is 0 Å². The van der Waals surface area contributed by atoms with Crippen LogP contribution in [0.3, 0.4) is 0 Å². The van der Waals surface area contributed by atoms with E-state index in [4.69, 9.17) is 10.4 Å². The second-order valence-electron chi connectivity index (χ2n) is 4.04. The van der Waals surface area contributed by atoms with Gasteiger partial charge in [0.25, 0.3) is 0 Å². The zero-order valence-electron chi connectivity index (χ0n) is 10.6. The van der Waals surface area contributed by atoms with Gasteiger partial charge < -0.3 is 15.3 Å². The van der Waals surface area contributed by atoms with E-state index in [9.17, 15) is 0 Å². The van der Waals surface area contributed by atoms with E-state index < -0.39 is 0 Å². The molecule has 2 aromatic rings. The monoisotopic (exact) mass is 248 g/mol. The Morgan fingerprint density at radius 3 is 2.61 bits per heavy atom. The first-order valence-electron chi connectivity index (χ1n) is 5.59. The lowest BCUT2D eigenvalue weighted by molar-refractivity contribution is 0.392. The predicted molar refractivity (Wildman–Crippen MR) is 67.9 cm³/mol. The molecule has 0 aliphatic carbocycles. The summed E-state index contributed by atoms with van der Waals surface area (Å²) in [5.41, 5.74) is 4.39. The molecule has 2 rings (SSSR count). The lowest BCUT2D eigenvalue weighted by Gasteiger charge is -2.14. The number of nitrogens with zero attached hydrogens (tertiary/aromatic N) is 3. The normalized spacial score (nSPS) is 12.2. The molecule has 96 valence electrons. The number of aromatic nitrogens is 3. The lowest BCUT2D eigenvalue weighted by atomic mass is 10.1. The molecule has 0 bridgehead atoms. The Kier molecular flexibility index (Phi) is 3.42. The fourth-order valence-corrected chi connectivity index (χ4v) is 1.92. The number of hydrogen-bond donors (Lipinski definition) is 3. The van der Waals surface area contributed by atoms with Crippen LogP contribution in [-0.2, 0) is 0 Å². The van der Waals surface area contributed by atoms with Gasteiger partial charge in [0.1, 0.15) is 23.7 Å². The number of aryl methyl sites for hydroxylation is 2. The van der Waals surface area contributed by atoms with Crippen LogP contribution < -0.4 is 16.6 Å². The molecule has 2 aromatic heterocycles. The van der Waals surface area contributed by atoms with Gasteiger partial charge in [-0.25, -0.2) is 15.8 Å². The molecule has 0 saturated carbocycles. The summed E-state index contributed by atoms with van der Waals surface area (Å²) in [6, 6.07) is 1.77. The molecule has 0 amide bonds. The van der Waals surface area contributed by atoms with Gasteiger partial charge in [0.15, 0.2) is 0 Å². The molecule has 18 heavy (non-hydrogen) atoms. The molecule has 1 unspecified atom stereocenters. The van der Waals surface area contributed by atoms with Crippen molar-refractivity contribution in [1.29, 1.82) is 0 Å². The van der Waals surface area contributed by atoms with Crippen LogP contribution >= 0.6 is 0 Å². The van der Waals surface area contributed by atoms with Crippen molar-refractivity contribution in [3.63, 3.8) is 0 Å². The second-order valence-corrected chi connectivity index (χ2v) is 4.04. The first-order chi connectivity index (χ1) is 8.61. The molecule has 0 saturated heterocycles. The summed E-state index contributed by atoms with van der Waals surface area (Å²) in [5.74, 6) is 7.34. The summed E-state index contributed by atoms with van der Waals surface area (Å²) >= 11 is 0. The molecule has 0 spiro atoms. The summed E-state index contributed by atoms with van der Waals surface area (Å²) in [6.07, 6.45) is 1.44. The van der Waals surface area contributed by atoms with Crippen LogP contribution in [-0.4, -0.2) is 15.1 Å². The number of anilines is 2. The van der Waals surface area contributed by atoms with Gasteiger partial charge in [0, 0.05) is 11.6 Å². The summed E-state index contributed by atoms with van der Waals surface area (Å²) in [4.78, 5) is 8.07. The molecule has 4 N–H and O–H groups in total. The smallest absolute Gasteiger partial charge is 0.145 e. The number of hydrazine groups is 1. The maximum atomic E-state index is 5.30. The van der Waals surface area contributed by atoms with Gasteiger partial charge in [-0.3, -0.25) is 0 Å². The highest BCUT2D eigenvalue weighted by molar-refractivity contribution is 5.47. The summed E-state index contributed by atoms with van der Waals surface area (Å²) in [7, 11) is 0. The van der Waals surface area contributed by atoms with E-state index >= 15 is 0 Å². The fraction of sp³-hybridized carbons (Fsp3) is 0.364. The summed E-state index contributed by atoms with van der Waals surface area (Å²) in [5, 5.41) is 7.19. The zero-order chi connectivity index (χ0) is 13.1. The van der Waals surface area contributed by atoms with Crippen molar-refractivity contribution in [3.05, 3.63) is 29.4 Å². The Balaban J connectivity index is 2.18. The molecule has 0 fully saturated rings. The average molecular weight is 248 g/mol. The molecule has 0 aliphatic rings. The highest BCUT2D eigenvalue weighted by Gasteiger charge is 2.16. The Hall–Kier alpha value is -2.15. The Morgan fingerprint density at radius 2 is 2.00 bits per heavy atom. The largest absolute Gasteiger partial charge is 0.363 e. The number of hydrogen-bond acceptors (Lipinski definition) is 7. The Labute approximate surface area is 105 Å². The van der Waals surface area contributed by atoms with Gasteiger partial charge in [-0.05, 0) is 20.8 Å². The number of nitrogens with two attached hydrogens (primary N) is 1. The molecule has 7 nitrogen and oxygen atoms in total. The third kappa shape index (κ3) is 2.40. The first kappa shape index (κ1) is 12.3. The van der Waals surface area contributed by atoms with Crippen LogP contribution in [0.15, 0.2) is 16.9 Å². The molecule has 7 heteroatoms. The predicted octanol–water partition coefficient (Wildman–Crippen LogP) is 1.54. The third-order valence-electron chi connectivity index (χ3n) is 2.70. The minimum absolute atomic E-state index is 0.0387. The van der Waals surface area contributed by atoms with Crippen molar-refractivity contribution in [2.24, 2.45) is 5.84 Å². The van der Waals surface area contributed by atoms with Crippen molar-refractivity contribution in [3.8, 4) is 0 Å². The van der Waals surface area contributed by atoms with E-state index in [-0.39, 0.29) is 6.04 Å². The van der Waals surface area contributed by atoms with Gasteiger partial charge in [0.2, 0.25) is 0 Å². The summed E-state index contributed by atoms with van der Waals surface area (Å²) in [6.45, 7) is 5.82. The third-order valence-corrected chi connectivity index (χ3v) is 2.70. The van der Waals surface area contributed by atoms with E-state index in [0.717, 1.165) is 17.0 Å². The quantitative estimate of drug-likeness (QED) is 0.557. The number of nitrogen functional groups attached to an aromatic ring is 1. The molecular formula is C11H16N6O. The maximum absolute atomic E-state index is 5.30. The second kappa shape index (κ2) is 5.01. The van der Waals surface area contributed by atoms with E-state index in [0.29, 0.717) is 11.6 Å². The standard InChI is InChI=1S/C11H16N6O/c1-6(11-7(2)17-18-8(11)3)15-9-4-10(16-12)14-5-13-9/h4-6H,12H2,1-3H3,(H2,13,14,15,16). The highest BCUT2D eigenvalue weighted by atomic mass is 16.5. The van der Waals surface area contributed by atoms with Crippen molar-refractivity contribution < 1.29 is 4.52 Å². The van der Waals surface area contributed by atoms with Crippen LogP contribution in [0.1, 0.15) is 30.0 Å². The van der Waals surface area contributed by atoms with Gasteiger partial charge in [0.05, 0.1) is 11.7 Å². The lowest BCUT2D eigenvalue weighted by Crippen LogP contribution is -2.12. The van der Waals surface area contributed by atoms with Crippen molar-refractivity contribution in [2.75, 3.05) is 10.7 Å². The molecule has 2 heterocycles. The molecular weight excluding hydrogens is 232 g/mol. The highest BCUT2D eigenvalue weighted by Crippen LogP contribution is 2.24. The van der Waals surface area contributed by atoms with Crippen LogP contribution in [0.2, 0.25) is 0 Å². The van der Waals surface area contributed by atoms with E-state index in [1.165, 1.54) is 6.33 Å². The number of rotatable bonds is 4. The minimum Gasteiger partial charge on any atom is -0.363 e. The van der Waals surface area contributed by atoms with Crippen molar-refractivity contribution in [1.82, 2.24) is 15.1 Å². The van der Waals surface area contributed by atoms with Crippen molar-refractivity contribution in [2.45, 2.75) is 26.8 Å². The average Bonchev–Trinajstić information content (AvgIpc) is 2.69. The van der Waals surface area contributed by atoms with Gasteiger partial charge in [-0.15, -0.1) is 0 Å². The van der Waals surface area contributed by atoms with Crippen LogP contribution in [0.4, 0.5) is 11.6 Å². The van der Waals surface area contributed by atoms with Crippen molar-refractivity contribution >= 4 is 11.6 Å². The molecule has 0 radical (unpaired) electrons. The summed E-state index contributed by atoms with van der Waals surface area (Å²) < 4.78 is 5.14. The van der Waals surface area contributed by atoms with Gasteiger partial charge in [-0.1, -0.05) is 5.16 Å². The molecule has 0 aliphatic heterocycles. The fourth-order valence-electron chi connectivity index (χ4n) is 1.92. The molecule has 0 aromatic carbocycles. The van der Waals surface area contributed by atoms with E-state index in [1.54, 1.807) is 6.07 Å². The van der Waals surface area contributed by atoms with E-state index in [2.05, 4.69) is 25.9 Å². The minimum atomic E-state index is 0.0387. The van der Waals surface area contributed by atoms with Gasteiger partial charge >= 0.3 is 0 Å². The molecule has 1 atom stereocenters. The SMILES string of the molecule is Cc1noc(C)c1C(C)Nc1cc(NN)ncn1. The van der Waals surface area contributed by atoms with Crippen LogP contribution in [0.25, 0.3) is 0 Å². The Bertz CT molecular complexity index is 519. The first-order valence-corrected chi connectivity index (χ1v) is 5.59.